The first-order valence-corrected chi connectivity index (χ1v) is 7.70. The van der Waals surface area contributed by atoms with Crippen LogP contribution in [0, 0.1) is 5.92 Å². The van der Waals surface area contributed by atoms with Crippen LogP contribution in [0.3, 0.4) is 0 Å². The van der Waals surface area contributed by atoms with E-state index in [1.807, 2.05) is 0 Å². The Morgan fingerprint density at radius 1 is 1.26 bits per heavy atom. The fraction of sp³-hybridized carbons (Fsp3) is 0.647. The third kappa shape index (κ3) is 3.11. The summed E-state index contributed by atoms with van der Waals surface area (Å²) >= 11 is 0. The van der Waals surface area contributed by atoms with Gasteiger partial charge in [-0.1, -0.05) is 32.0 Å². The maximum atomic E-state index is 3.45. The predicted octanol–water partition coefficient (Wildman–Crippen LogP) is 3.98. The zero-order chi connectivity index (χ0) is 13.8. The van der Waals surface area contributed by atoms with Crippen LogP contribution < -0.4 is 10.2 Å². The summed E-state index contributed by atoms with van der Waals surface area (Å²) in [4.78, 5) is 2.61. The van der Waals surface area contributed by atoms with Gasteiger partial charge in [-0.25, -0.2) is 0 Å². The van der Waals surface area contributed by atoms with Crippen molar-refractivity contribution >= 4 is 5.69 Å². The van der Waals surface area contributed by atoms with Crippen LogP contribution in [0.1, 0.15) is 51.6 Å². The lowest BCUT2D eigenvalue weighted by Gasteiger charge is -2.40. The lowest BCUT2D eigenvalue weighted by atomic mass is 9.92. The first kappa shape index (κ1) is 14.4. The summed E-state index contributed by atoms with van der Waals surface area (Å²) in [7, 11) is 2.06. The highest BCUT2D eigenvalue weighted by Crippen LogP contribution is 2.33. The van der Waals surface area contributed by atoms with Gasteiger partial charge in [0.25, 0.3) is 0 Å². The zero-order valence-electron chi connectivity index (χ0n) is 12.8. The van der Waals surface area contributed by atoms with Gasteiger partial charge in [0.2, 0.25) is 0 Å². The molecule has 0 radical (unpaired) electrons. The van der Waals surface area contributed by atoms with Crippen molar-refractivity contribution < 1.29 is 0 Å². The Morgan fingerprint density at radius 3 is 2.68 bits per heavy atom. The largest absolute Gasteiger partial charge is 0.368 e. The molecule has 19 heavy (non-hydrogen) atoms. The molecule has 1 aliphatic heterocycles. The molecule has 2 nitrogen and oxygen atoms in total. The Kier molecular flexibility index (Phi) is 4.87. The number of anilines is 1. The quantitative estimate of drug-likeness (QED) is 0.881. The van der Waals surface area contributed by atoms with E-state index in [0.29, 0.717) is 12.1 Å². The van der Waals surface area contributed by atoms with E-state index in [-0.39, 0.29) is 0 Å². The molecule has 1 aliphatic rings. The summed E-state index contributed by atoms with van der Waals surface area (Å²) in [6.07, 6.45) is 3.81. The Bertz CT molecular complexity index is 398. The Morgan fingerprint density at radius 2 is 2.00 bits per heavy atom. The first-order valence-electron chi connectivity index (χ1n) is 7.70. The van der Waals surface area contributed by atoms with Crippen molar-refractivity contribution in [2.24, 2.45) is 5.92 Å². The molecular weight excluding hydrogens is 232 g/mol. The smallest absolute Gasteiger partial charge is 0.0417 e. The standard InChI is InChI=1S/C17H28N2/c1-5-16(18-4)15-8-6-7-9-17(15)19-12-13(2)10-11-14(19)3/h6-9,13-14,16,18H,5,10-12H2,1-4H3. The number of rotatable bonds is 4. The molecule has 0 spiro atoms. The second kappa shape index (κ2) is 6.42. The van der Waals surface area contributed by atoms with Crippen molar-refractivity contribution in [3.8, 4) is 0 Å². The average Bonchev–Trinajstić information content (AvgIpc) is 2.44. The van der Waals surface area contributed by atoms with E-state index in [1.54, 1.807) is 0 Å². The van der Waals surface area contributed by atoms with Gasteiger partial charge in [-0.2, -0.15) is 0 Å². The third-order valence-electron chi connectivity index (χ3n) is 4.50. The molecule has 1 N–H and O–H groups in total. The number of benzene rings is 1. The highest BCUT2D eigenvalue weighted by atomic mass is 15.2. The van der Waals surface area contributed by atoms with Gasteiger partial charge in [0.1, 0.15) is 0 Å². The number of piperidine rings is 1. The van der Waals surface area contributed by atoms with Crippen molar-refractivity contribution in [2.75, 3.05) is 18.5 Å². The molecule has 0 aliphatic carbocycles. The molecule has 2 heteroatoms. The Hall–Kier alpha value is -1.02. The van der Waals surface area contributed by atoms with E-state index in [9.17, 15) is 0 Å². The van der Waals surface area contributed by atoms with Gasteiger partial charge in [-0.3, -0.25) is 0 Å². The molecule has 0 aromatic heterocycles. The molecule has 106 valence electrons. The van der Waals surface area contributed by atoms with E-state index in [4.69, 9.17) is 0 Å². The van der Waals surface area contributed by atoms with E-state index < -0.39 is 0 Å². The van der Waals surface area contributed by atoms with Crippen molar-refractivity contribution in [3.05, 3.63) is 29.8 Å². The van der Waals surface area contributed by atoms with Crippen molar-refractivity contribution in [2.45, 2.75) is 52.1 Å². The van der Waals surface area contributed by atoms with Crippen LogP contribution in [0.15, 0.2) is 24.3 Å². The van der Waals surface area contributed by atoms with E-state index in [2.05, 4.69) is 62.3 Å². The van der Waals surface area contributed by atoms with Crippen LogP contribution in [0.5, 0.6) is 0 Å². The average molecular weight is 260 g/mol. The molecule has 2 rings (SSSR count). The zero-order valence-corrected chi connectivity index (χ0v) is 12.8. The maximum absolute atomic E-state index is 3.45. The van der Waals surface area contributed by atoms with Crippen LogP contribution in [-0.4, -0.2) is 19.6 Å². The second-order valence-electron chi connectivity index (χ2n) is 5.99. The molecule has 0 bridgehead atoms. The topological polar surface area (TPSA) is 15.3 Å². The van der Waals surface area contributed by atoms with E-state index >= 15 is 0 Å². The molecule has 1 aromatic rings. The van der Waals surface area contributed by atoms with Gasteiger partial charge in [-0.15, -0.1) is 0 Å². The normalized spacial score (nSPS) is 25.4. The summed E-state index contributed by atoms with van der Waals surface area (Å²) in [5.74, 6) is 0.805. The fourth-order valence-corrected chi connectivity index (χ4v) is 3.25. The summed E-state index contributed by atoms with van der Waals surface area (Å²) in [6.45, 7) is 8.18. The number of nitrogens with zero attached hydrogens (tertiary/aromatic N) is 1. The van der Waals surface area contributed by atoms with Gasteiger partial charge in [-0.05, 0) is 50.8 Å². The molecule has 3 atom stereocenters. The maximum Gasteiger partial charge on any atom is 0.0417 e. The number of hydrogen-bond donors (Lipinski definition) is 1. The molecule has 1 fully saturated rings. The van der Waals surface area contributed by atoms with Crippen molar-refractivity contribution in [3.63, 3.8) is 0 Å². The van der Waals surface area contributed by atoms with Gasteiger partial charge in [0.05, 0.1) is 0 Å². The van der Waals surface area contributed by atoms with Crippen LogP contribution in [0.4, 0.5) is 5.69 Å². The highest BCUT2D eigenvalue weighted by molar-refractivity contribution is 5.56. The first-order chi connectivity index (χ1) is 9.17. The number of nitrogens with one attached hydrogen (secondary N) is 1. The predicted molar refractivity (Wildman–Crippen MR) is 83.7 cm³/mol. The van der Waals surface area contributed by atoms with Crippen LogP contribution in [0.2, 0.25) is 0 Å². The van der Waals surface area contributed by atoms with Crippen LogP contribution in [-0.2, 0) is 0 Å². The molecule has 0 saturated carbocycles. The second-order valence-corrected chi connectivity index (χ2v) is 5.99. The summed E-state index contributed by atoms with van der Waals surface area (Å²) < 4.78 is 0. The minimum absolute atomic E-state index is 0.459. The van der Waals surface area contributed by atoms with Crippen molar-refractivity contribution in [1.29, 1.82) is 0 Å². The molecule has 3 unspecified atom stereocenters. The molecule has 0 amide bonds. The molecular formula is C17H28N2. The lowest BCUT2D eigenvalue weighted by molar-refractivity contribution is 0.388. The van der Waals surface area contributed by atoms with Gasteiger partial charge in [0.15, 0.2) is 0 Å². The number of para-hydroxylation sites is 1. The Balaban J connectivity index is 2.32. The monoisotopic (exact) mass is 260 g/mol. The SMILES string of the molecule is CCC(NC)c1ccccc1N1CC(C)CCC1C. The summed E-state index contributed by atoms with van der Waals surface area (Å²) in [6, 6.07) is 10.0. The van der Waals surface area contributed by atoms with Gasteiger partial charge < -0.3 is 10.2 Å². The highest BCUT2D eigenvalue weighted by Gasteiger charge is 2.25. The molecule has 1 heterocycles. The van der Waals surface area contributed by atoms with Crippen molar-refractivity contribution in [1.82, 2.24) is 5.32 Å². The molecule has 1 aromatic carbocycles. The van der Waals surface area contributed by atoms with E-state index in [1.165, 1.54) is 30.6 Å². The van der Waals surface area contributed by atoms with Crippen LogP contribution >= 0.6 is 0 Å². The van der Waals surface area contributed by atoms with E-state index in [0.717, 1.165) is 12.3 Å². The Labute approximate surface area is 118 Å². The molecule has 1 saturated heterocycles. The minimum Gasteiger partial charge on any atom is -0.368 e. The minimum atomic E-state index is 0.459. The number of hydrogen-bond acceptors (Lipinski definition) is 2. The van der Waals surface area contributed by atoms with Gasteiger partial charge in [0, 0.05) is 24.3 Å². The lowest BCUT2D eigenvalue weighted by Crippen LogP contribution is -2.42. The third-order valence-corrected chi connectivity index (χ3v) is 4.50. The van der Waals surface area contributed by atoms with Crippen LogP contribution in [0.25, 0.3) is 0 Å². The summed E-state index contributed by atoms with van der Waals surface area (Å²) in [5.41, 5.74) is 2.89. The van der Waals surface area contributed by atoms with Gasteiger partial charge >= 0.3 is 0 Å². The fourth-order valence-electron chi connectivity index (χ4n) is 3.25. The summed E-state index contributed by atoms with van der Waals surface area (Å²) in [5, 5.41) is 3.45.